The molecule has 1 unspecified atom stereocenters. The second-order valence-electron chi connectivity index (χ2n) is 12.9. The van der Waals surface area contributed by atoms with Crippen molar-refractivity contribution < 1.29 is 19.4 Å². The van der Waals surface area contributed by atoms with Crippen molar-refractivity contribution in [1.29, 1.82) is 0 Å². The number of hydrogen-bond donors (Lipinski definition) is 3. The summed E-state index contributed by atoms with van der Waals surface area (Å²) in [5.74, 6) is -0.552. The molecular formula is C41H48N4O4. The molecule has 0 saturated carbocycles. The number of para-hydroxylation sites is 1. The summed E-state index contributed by atoms with van der Waals surface area (Å²) in [6.07, 6.45) is 6.62. The van der Waals surface area contributed by atoms with Gasteiger partial charge < -0.3 is 25.8 Å². The van der Waals surface area contributed by atoms with Gasteiger partial charge >= 0.3 is 0 Å². The van der Waals surface area contributed by atoms with Gasteiger partial charge in [0.05, 0.1) is 24.1 Å². The lowest BCUT2D eigenvalue weighted by atomic mass is 9.62. The molecule has 3 aromatic carbocycles. The minimum atomic E-state index is -1.29. The highest BCUT2D eigenvalue weighted by atomic mass is 16.5. The summed E-state index contributed by atoms with van der Waals surface area (Å²) >= 11 is 0. The number of amides is 2. The number of benzene rings is 3. The number of rotatable bonds is 16. The molecule has 4 N–H and O–H groups in total. The van der Waals surface area contributed by atoms with E-state index in [1.807, 2.05) is 95.9 Å². The van der Waals surface area contributed by atoms with Gasteiger partial charge in [0.2, 0.25) is 11.8 Å². The number of ether oxygens (including phenoxy) is 1. The number of primary amides is 1. The van der Waals surface area contributed by atoms with Gasteiger partial charge in [0, 0.05) is 54.8 Å². The predicted molar refractivity (Wildman–Crippen MR) is 196 cm³/mol. The van der Waals surface area contributed by atoms with Crippen LogP contribution in [0, 0.1) is 11.3 Å². The fourth-order valence-corrected chi connectivity index (χ4v) is 7.08. The van der Waals surface area contributed by atoms with E-state index in [1.54, 1.807) is 19.4 Å². The van der Waals surface area contributed by atoms with Crippen molar-refractivity contribution in [3.63, 3.8) is 0 Å². The van der Waals surface area contributed by atoms with Crippen LogP contribution in [0.1, 0.15) is 49.8 Å². The number of aliphatic hydroxyl groups excluding tert-OH is 1. The molecule has 5 rings (SSSR count). The average Bonchev–Trinajstić information content (AvgIpc) is 3.13. The molecule has 8 nitrogen and oxygen atoms in total. The number of carbonyl (C=O) groups excluding carboxylic acids is 2. The minimum Gasteiger partial charge on any atom is -0.497 e. The van der Waals surface area contributed by atoms with Crippen LogP contribution in [-0.2, 0) is 22.6 Å². The van der Waals surface area contributed by atoms with E-state index in [4.69, 9.17) is 15.5 Å². The molecule has 0 saturated heterocycles. The number of fused-ring (bicyclic) bond motifs is 1. The van der Waals surface area contributed by atoms with E-state index in [0.29, 0.717) is 37.2 Å². The highest BCUT2D eigenvalue weighted by molar-refractivity contribution is 6.03. The van der Waals surface area contributed by atoms with E-state index < -0.39 is 23.3 Å². The lowest BCUT2D eigenvalue weighted by Gasteiger charge is -2.45. The van der Waals surface area contributed by atoms with E-state index in [0.717, 1.165) is 46.2 Å². The Kier molecular flexibility index (Phi) is 12.0. The van der Waals surface area contributed by atoms with Gasteiger partial charge in [0.25, 0.3) is 0 Å². The van der Waals surface area contributed by atoms with Crippen LogP contribution in [0.4, 0.5) is 0 Å². The molecule has 0 aliphatic heterocycles. The van der Waals surface area contributed by atoms with E-state index in [-0.39, 0.29) is 18.9 Å². The maximum absolute atomic E-state index is 15.3. The van der Waals surface area contributed by atoms with Crippen molar-refractivity contribution in [2.24, 2.45) is 17.1 Å². The molecule has 3 atom stereocenters. The van der Waals surface area contributed by atoms with Crippen LogP contribution >= 0.6 is 0 Å². The highest BCUT2D eigenvalue weighted by Gasteiger charge is 2.51. The molecule has 1 aliphatic carbocycles. The molecule has 256 valence electrons. The molecule has 1 heterocycles. The number of nitrogens with zero attached hydrogens (tertiary/aromatic N) is 2. The third kappa shape index (κ3) is 8.27. The Morgan fingerprint density at radius 2 is 1.69 bits per heavy atom. The zero-order valence-corrected chi connectivity index (χ0v) is 28.8. The number of pyridine rings is 1. The van der Waals surface area contributed by atoms with E-state index >= 15 is 4.79 Å². The maximum Gasteiger partial charge on any atom is 0.244 e. The third-order valence-electron chi connectivity index (χ3n) is 9.40. The molecule has 4 aromatic rings. The molecule has 0 radical (unpaired) electrons. The van der Waals surface area contributed by atoms with E-state index in [2.05, 4.69) is 19.2 Å². The van der Waals surface area contributed by atoms with Gasteiger partial charge in [0.1, 0.15) is 5.75 Å². The monoisotopic (exact) mass is 660 g/mol. The van der Waals surface area contributed by atoms with Crippen molar-refractivity contribution in [2.45, 2.75) is 52.2 Å². The Morgan fingerprint density at radius 1 is 0.980 bits per heavy atom. The summed E-state index contributed by atoms with van der Waals surface area (Å²) in [4.78, 5) is 35.0. The Balaban J connectivity index is 1.67. The van der Waals surface area contributed by atoms with Crippen LogP contribution in [0.25, 0.3) is 16.5 Å². The number of carbonyl (C=O) groups is 2. The van der Waals surface area contributed by atoms with Crippen molar-refractivity contribution in [3.05, 3.63) is 126 Å². The molecule has 49 heavy (non-hydrogen) atoms. The quantitative estimate of drug-likeness (QED) is 0.134. The van der Waals surface area contributed by atoms with Crippen molar-refractivity contribution in [1.82, 2.24) is 15.2 Å². The first-order valence-corrected chi connectivity index (χ1v) is 17.2. The fraction of sp³-hybridized carbons (Fsp3) is 0.341. The first kappa shape index (κ1) is 35.5. The summed E-state index contributed by atoms with van der Waals surface area (Å²) < 4.78 is 5.40. The average molecular weight is 661 g/mol. The smallest absolute Gasteiger partial charge is 0.244 e. The number of nitrogens with two attached hydrogens (primary N) is 1. The summed E-state index contributed by atoms with van der Waals surface area (Å²) in [5.41, 5.74) is 9.39. The lowest BCUT2D eigenvalue weighted by Crippen LogP contribution is -2.54. The fourth-order valence-electron chi connectivity index (χ4n) is 7.08. The van der Waals surface area contributed by atoms with Gasteiger partial charge in [-0.3, -0.25) is 14.6 Å². The van der Waals surface area contributed by atoms with Crippen LogP contribution in [0.3, 0.4) is 0 Å². The molecule has 1 aromatic heterocycles. The van der Waals surface area contributed by atoms with Crippen LogP contribution in [0.2, 0.25) is 0 Å². The third-order valence-corrected chi connectivity index (χ3v) is 9.40. The molecular weight excluding hydrogens is 612 g/mol. The summed E-state index contributed by atoms with van der Waals surface area (Å²) in [5, 5.41) is 16.6. The molecule has 0 fully saturated rings. The van der Waals surface area contributed by atoms with Gasteiger partial charge in [0.15, 0.2) is 0 Å². The standard InChI is InChI=1S/C41H48N4O4/c1-4-20-45(21-5-2)40(48)41(25-32(24-33(26-41)39(42)47)35-18-10-15-31-16-11-19-44-38(31)35)36(23-29-12-7-6-8-13-29)37(46)28-43-27-30-14-9-17-34(22-30)49-3/h6-19,22,24-25,36-37,43,46H,4-5,20-21,23,26-28H2,1-3H3,(H2,42,47)/t36-,37+,41?/m1/s1. The van der Waals surface area contributed by atoms with Gasteiger partial charge in [-0.1, -0.05) is 86.7 Å². The van der Waals surface area contributed by atoms with Crippen LogP contribution in [0.15, 0.2) is 109 Å². The number of aromatic nitrogens is 1. The summed E-state index contributed by atoms with van der Waals surface area (Å²) in [7, 11) is 1.64. The Labute approximate surface area is 289 Å². The number of allylic oxidation sites excluding steroid dienone is 2. The Bertz CT molecular complexity index is 1790. The van der Waals surface area contributed by atoms with Crippen molar-refractivity contribution in [3.8, 4) is 5.75 Å². The Morgan fingerprint density at radius 3 is 2.41 bits per heavy atom. The summed E-state index contributed by atoms with van der Waals surface area (Å²) in [6, 6.07) is 27.5. The molecule has 1 aliphatic rings. The second-order valence-corrected chi connectivity index (χ2v) is 12.9. The SMILES string of the molecule is CCCN(CCC)C(=O)C1([C@H](Cc2ccccc2)[C@@H](O)CNCc2cccc(OC)c2)C=C(c2cccc3cccnc23)C=C(C(N)=O)C1. The largest absolute Gasteiger partial charge is 0.497 e. The first-order valence-electron chi connectivity index (χ1n) is 17.2. The van der Waals surface area contributed by atoms with Crippen LogP contribution in [0.5, 0.6) is 5.75 Å². The maximum atomic E-state index is 15.3. The summed E-state index contributed by atoms with van der Waals surface area (Å²) in [6.45, 7) is 5.96. The van der Waals surface area contributed by atoms with Crippen molar-refractivity contribution >= 4 is 28.3 Å². The Hall–Kier alpha value is -4.79. The molecule has 0 bridgehead atoms. The van der Waals surface area contributed by atoms with Crippen LogP contribution in [-0.4, -0.2) is 59.7 Å². The number of methoxy groups -OCH3 is 1. The van der Waals surface area contributed by atoms with E-state index in [1.165, 1.54) is 0 Å². The number of hydrogen-bond acceptors (Lipinski definition) is 6. The minimum absolute atomic E-state index is 0.0806. The first-order chi connectivity index (χ1) is 23.8. The lowest BCUT2D eigenvalue weighted by molar-refractivity contribution is -0.145. The van der Waals surface area contributed by atoms with Gasteiger partial charge in [-0.2, -0.15) is 0 Å². The zero-order valence-electron chi connectivity index (χ0n) is 28.8. The zero-order chi connectivity index (χ0) is 34.8. The van der Waals surface area contributed by atoms with Crippen LogP contribution < -0.4 is 15.8 Å². The van der Waals surface area contributed by atoms with Gasteiger partial charge in [-0.05, 0) is 66.7 Å². The highest BCUT2D eigenvalue weighted by Crippen LogP contribution is 2.48. The molecule has 0 spiro atoms. The molecule has 8 heteroatoms. The van der Waals surface area contributed by atoms with Gasteiger partial charge in [-0.25, -0.2) is 0 Å². The topological polar surface area (TPSA) is 118 Å². The number of nitrogens with one attached hydrogen (secondary N) is 1. The number of aliphatic hydroxyl groups is 1. The predicted octanol–water partition coefficient (Wildman–Crippen LogP) is 6.09. The van der Waals surface area contributed by atoms with Gasteiger partial charge in [-0.15, -0.1) is 0 Å². The van der Waals surface area contributed by atoms with Crippen molar-refractivity contribution in [2.75, 3.05) is 26.7 Å². The molecule has 2 amide bonds. The second kappa shape index (κ2) is 16.5. The normalized spacial score (nSPS) is 17.1. The van der Waals surface area contributed by atoms with E-state index in [9.17, 15) is 9.90 Å².